The summed E-state index contributed by atoms with van der Waals surface area (Å²) in [6.07, 6.45) is 3.26. The van der Waals surface area contributed by atoms with Crippen molar-refractivity contribution in [2.75, 3.05) is 5.73 Å². The van der Waals surface area contributed by atoms with Crippen molar-refractivity contribution in [2.24, 2.45) is 0 Å². The van der Waals surface area contributed by atoms with E-state index >= 15 is 0 Å². The average Bonchev–Trinajstić information content (AvgIpc) is 2.79. The van der Waals surface area contributed by atoms with Crippen molar-refractivity contribution in [3.63, 3.8) is 0 Å². The number of nitrogens with one attached hydrogen (secondary N) is 1. The number of carbonyl (C=O) groups is 1. The van der Waals surface area contributed by atoms with Gasteiger partial charge in [0.25, 0.3) is 0 Å². The van der Waals surface area contributed by atoms with E-state index in [1.165, 1.54) is 0 Å². The van der Waals surface area contributed by atoms with Crippen LogP contribution in [-0.2, 0) is 0 Å². The van der Waals surface area contributed by atoms with Gasteiger partial charge in [0.1, 0.15) is 5.69 Å². The van der Waals surface area contributed by atoms with Crippen LogP contribution in [0.3, 0.4) is 0 Å². The van der Waals surface area contributed by atoms with Gasteiger partial charge in [0.05, 0.1) is 11.7 Å². The van der Waals surface area contributed by atoms with Crippen molar-refractivity contribution < 1.29 is 9.90 Å². The van der Waals surface area contributed by atoms with Gasteiger partial charge < -0.3 is 15.8 Å². The fraction of sp³-hybridized carbons (Fsp3) is 0. The highest BCUT2D eigenvalue weighted by Crippen LogP contribution is 2.32. The summed E-state index contributed by atoms with van der Waals surface area (Å²) in [6.45, 7) is 0. The zero-order valence-corrected chi connectivity index (χ0v) is 9.92. The zero-order valence-electron chi connectivity index (χ0n) is 9.92. The second-order valence-electron chi connectivity index (χ2n) is 4.22. The third-order valence-corrected chi connectivity index (χ3v) is 3.01. The first kappa shape index (κ1) is 11.3. The SMILES string of the molecule is Nc1ccc(-c2c(C(=O)O)[nH]c3cnccc23)cc1. The standard InChI is InChI=1S/C14H11N3O2/c15-9-3-1-8(2-4-9)12-10-5-6-16-7-11(10)17-13(12)14(18)19/h1-7,17H,15H2,(H,18,19). The summed E-state index contributed by atoms with van der Waals surface area (Å²) >= 11 is 0. The number of aromatic amines is 1. The lowest BCUT2D eigenvalue weighted by Crippen LogP contribution is -1.98. The summed E-state index contributed by atoms with van der Waals surface area (Å²) < 4.78 is 0. The van der Waals surface area contributed by atoms with Crippen LogP contribution in [0.5, 0.6) is 0 Å². The quantitative estimate of drug-likeness (QED) is 0.612. The number of rotatable bonds is 2. The van der Waals surface area contributed by atoms with Gasteiger partial charge in [-0.05, 0) is 23.8 Å². The number of hydrogen-bond acceptors (Lipinski definition) is 3. The molecule has 0 aliphatic rings. The van der Waals surface area contributed by atoms with E-state index < -0.39 is 5.97 Å². The first-order valence-corrected chi connectivity index (χ1v) is 5.71. The Bertz CT molecular complexity index is 760. The number of carboxylic acid groups (broad SMARTS) is 1. The van der Waals surface area contributed by atoms with Crippen molar-refractivity contribution >= 4 is 22.6 Å². The molecule has 0 bridgehead atoms. The Labute approximate surface area is 108 Å². The number of benzene rings is 1. The number of aromatic carboxylic acids is 1. The molecule has 0 fully saturated rings. The van der Waals surface area contributed by atoms with Gasteiger partial charge in [-0.2, -0.15) is 0 Å². The van der Waals surface area contributed by atoms with Crippen LogP contribution >= 0.6 is 0 Å². The molecule has 94 valence electrons. The van der Waals surface area contributed by atoms with E-state index in [2.05, 4.69) is 9.97 Å². The topological polar surface area (TPSA) is 92.0 Å². The van der Waals surface area contributed by atoms with Gasteiger partial charge in [-0.3, -0.25) is 4.98 Å². The molecule has 0 saturated heterocycles. The smallest absolute Gasteiger partial charge is 0.352 e. The maximum absolute atomic E-state index is 11.4. The van der Waals surface area contributed by atoms with Crippen molar-refractivity contribution in [3.8, 4) is 11.1 Å². The monoisotopic (exact) mass is 253 g/mol. The molecule has 5 nitrogen and oxygen atoms in total. The molecular weight excluding hydrogens is 242 g/mol. The number of H-pyrrole nitrogens is 1. The van der Waals surface area contributed by atoms with Crippen LogP contribution in [-0.4, -0.2) is 21.0 Å². The Kier molecular flexibility index (Phi) is 2.45. The van der Waals surface area contributed by atoms with Gasteiger partial charge >= 0.3 is 5.97 Å². The number of aromatic nitrogens is 2. The summed E-state index contributed by atoms with van der Waals surface area (Å²) in [5, 5.41) is 10.1. The van der Waals surface area contributed by atoms with E-state index in [1.54, 1.807) is 30.6 Å². The number of nitrogens with two attached hydrogens (primary N) is 1. The van der Waals surface area contributed by atoms with E-state index in [9.17, 15) is 9.90 Å². The number of nitrogen functional groups attached to an aromatic ring is 1. The maximum atomic E-state index is 11.4. The highest BCUT2D eigenvalue weighted by molar-refractivity contribution is 6.07. The molecule has 19 heavy (non-hydrogen) atoms. The fourth-order valence-electron chi connectivity index (χ4n) is 2.15. The number of pyridine rings is 1. The highest BCUT2D eigenvalue weighted by Gasteiger charge is 2.18. The van der Waals surface area contributed by atoms with Crippen LogP contribution in [0.25, 0.3) is 22.0 Å². The summed E-state index contributed by atoms with van der Waals surface area (Å²) in [6, 6.07) is 8.92. The molecule has 2 aromatic heterocycles. The predicted octanol–water partition coefficient (Wildman–Crippen LogP) is 2.51. The predicted molar refractivity (Wildman–Crippen MR) is 72.9 cm³/mol. The number of hydrogen-bond donors (Lipinski definition) is 3. The molecule has 5 heteroatoms. The van der Waals surface area contributed by atoms with Crippen LogP contribution in [0, 0.1) is 0 Å². The molecular formula is C14H11N3O2. The molecule has 3 rings (SSSR count). The van der Waals surface area contributed by atoms with Gasteiger partial charge in [0.15, 0.2) is 0 Å². The van der Waals surface area contributed by atoms with E-state index in [4.69, 9.17) is 5.73 Å². The number of carboxylic acids is 1. The van der Waals surface area contributed by atoms with Crippen LogP contribution < -0.4 is 5.73 Å². The Hall–Kier alpha value is -2.82. The summed E-state index contributed by atoms with van der Waals surface area (Å²) in [7, 11) is 0. The number of anilines is 1. The van der Waals surface area contributed by atoms with Crippen molar-refractivity contribution in [1.82, 2.24) is 9.97 Å². The Morgan fingerprint density at radius 1 is 1.21 bits per heavy atom. The maximum Gasteiger partial charge on any atom is 0.352 e. The van der Waals surface area contributed by atoms with Gasteiger partial charge in [-0.1, -0.05) is 12.1 Å². The lowest BCUT2D eigenvalue weighted by molar-refractivity contribution is 0.0692. The van der Waals surface area contributed by atoms with E-state index in [0.29, 0.717) is 16.8 Å². The molecule has 4 N–H and O–H groups in total. The second kappa shape index (κ2) is 4.13. The van der Waals surface area contributed by atoms with Crippen LogP contribution in [0.4, 0.5) is 5.69 Å². The van der Waals surface area contributed by atoms with Crippen molar-refractivity contribution in [2.45, 2.75) is 0 Å². The van der Waals surface area contributed by atoms with Gasteiger partial charge in [0.2, 0.25) is 0 Å². The minimum Gasteiger partial charge on any atom is -0.477 e. The van der Waals surface area contributed by atoms with Gasteiger partial charge in [-0.25, -0.2) is 4.79 Å². The molecule has 0 amide bonds. The molecule has 2 heterocycles. The molecule has 0 aliphatic heterocycles. The normalized spacial score (nSPS) is 10.7. The van der Waals surface area contributed by atoms with Crippen LogP contribution in [0.15, 0.2) is 42.7 Å². The first-order chi connectivity index (χ1) is 9.16. The summed E-state index contributed by atoms with van der Waals surface area (Å²) in [5.41, 5.74) is 8.62. The number of nitrogens with zero attached hydrogens (tertiary/aromatic N) is 1. The summed E-state index contributed by atoms with van der Waals surface area (Å²) in [5.74, 6) is -0.997. The average molecular weight is 253 g/mol. The van der Waals surface area contributed by atoms with Crippen molar-refractivity contribution in [1.29, 1.82) is 0 Å². The van der Waals surface area contributed by atoms with Gasteiger partial charge in [-0.15, -0.1) is 0 Å². The molecule has 0 saturated carbocycles. The largest absolute Gasteiger partial charge is 0.477 e. The van der Waals surface area contributed by atoms with E-state index in [0.717, 1.165) is 10.9 Å². The molecule has 0 unspecified atom stereocenters. The molecule has 3 aromatic rings. The minimum absolute atomic E-state index is 0.160. The summed E-state index contributed by atoms with van der Waals surface area (Å²) in [4.78, 5) is 18.2. The third-order valence-electron chi connectivity index (χ3n) is 3.01. The zero-order chi connectivity index (χ0) is 13.4. The van der Waals surface area contributed by atoms with E-state index in [1.807, 2.05) is 12.1 Å². The molecule has 0 atom stereocenters. The Balaban J connectivity index is 2.34. The lowest BCUT2D eigenvalue weighted by atomic mass is 10.0. The highest BCUT2D eigenvalue weighted by atomic mass is 16.4. The molecule has 0 aliphatic carbocycles. The molecule has 0 spiro atoms. The molecule has 1 aromatic carbocycles. The minimum atomic E-state index is -0.997. The first-order valence-electron chi connectivity index (χ1n) is 5.71. The lowest BCUT2D eigenvalue weighted by Gasteiger charge is -2.02. The van der Waals surface area contributed by atoms with Crippen molar-refractivity contribution in [3.05, 3.63) is 48.4 Å². The third kappa shape index (κ3) is 1.81. The second-order valence-corrected chi connectivity index (χ2v) is 4.22. The van der Waals surface area contributed by atoms with E-state index in [-0.39, 0.29) is 5.69 Å². The molecule has 0 radical (unpaired) electrons. The Morgan fingerprint density at radius 3 is 2.63 bits per heavy atom. The Morgan fingerprint density at radius 2 is 1.95 bits per heavy atom. The van der Waals surface area contributed by atoms with Gasteiger partial charge in [0, 0.05) is 22.8 Å². The van der Waals surface area contributed by atoms with Crippen LogP contribution in [0.1, 0.15) is 10.5 Å². The fourth-order valence-corrected chi connectivity index (χ4v) is 2.15. The number of fused-ring (bicyclic) bond motifs is 1. The van der Waals surface area contributed by atoms with Crippen LogP contribution in [0.2, 0.25) is 0 Å².